The Bertz CT molecular complexity index is 515. The molecular weight excluding hydrogens is 286 g/mol. The van der Waals surface area contributed by atoms with Gasteiger partial charge in [0.2, 0.25) is 5.91 Å². The molecule has 1 unspecified atom stereocenters. The number of hydrogen-bond acceptors (Lipinski definition) is 4. The molecule has 6 heteroatoms. The normalized spacial score (nSPS) is 26.1. The SMILES string of the molecule is CC1(C(=O)N2CCN(C(=O)c3cccs3)CC2)CCCN1. The van der Waals surface area contributed by atoms with Crippen LogP contribution in [0.25, 0.3) is 0 Å². The molecule has 1 N–H and O–H groups in total. The summed E-state index contributed by atoms with van der Waals surface area (Å²) in [4.78, 5) is 29.4. The fraction of sp³-hybridized carbons (Fsp3) is 0.600. The van der Waals surface area contributed by atoms with Crippen molar-refractivity contribution >= 4 is 23.2 Å². The Balaban J connectivity index is 1.58. The van der Waals surface area contributed by atoms with E-state index in [1.807, 2.05) is 34.2 Å². The van der Waals surface area contributed by atoms with Crippen LogP contribution in [0.5, 0.6) is 0 Å². The second-order valence-corrected chi connectivity index (χ2v) is 6.87. The maximum absolute atomic E-state index is 12.6. The molecule has 1 aromatic heterocycles. The van der Waals surface area contributed by atoms with E-state index in [1.165, 1.54) is 11.3 Å². The highest BCUT2D eigenvalue weighted by Gasteiger charge is 2.40. The predicted molar refractivity (Wildman–Crippen MR) is 82.4 cm³/mol. The first-order valence-electron chi connectivity index (χ1n) is 7.47. The van der Waals surface area contributed by atoms with Crippen LogP contribution in [0.15, 0.2) is 17.5 Å². The Morgan fingerprint density at radius 1 is 1.24 bits per heavy atom. The topological polar surface area (TPSA) is 52.7 Å². The van der Waals surface area contributed by atoms with Crippen molar-refractivity contribution in [2.75, 3.05) is 32.7 Å². The van der Waals surface area contributed by atoms with Crippen LogP contribution in [0.3, 0.4) is 0 Å². The highest BCUT2D eigenvalue weighted by atomic mass is 32.1. The molecule has 2 aliphatic heterocycles. The van der Waals surface area contributed by atoms with Gasteiger partial charge in [-0.15, -0.1) is 11.3 Å². The van der Waals surface area contributed by atoms with E-state index in [2.05, 4.69) is 5.32 Å². The lowest BCUT2D eigenvalue weighted by Gasteiger charge is -2.38. The van der Waals surface area contributed by atoms with E-state index in [1.54, 1.807) is 0 Å². The fourth-order valence-corrected chi connectivity index (χ4v) is 3.79. The average molecular weight is 307 g/mol. The molecule has 5 nitrogen and oxygen atoms in total. The summed E-state index contributed by atoms with van der Waals surface area (Å²) >= 11 is 1.47. The minimum absolute atomic E-state index is 0.0855. The minimum atomic E-state index is -0.403. The molecule has 114 valence electrons. The van der Waals surface area contributed by atoms with Gasteiger partial charge in [-0.2, -0.15) is 0 Å². The van der Waals surface area contributed by atoms with E-state index in [0.29, 0.717) is 26.2 Å². The third-order valence-electron chi connectivity index (χ3n) is 4.43. The van der Waals surface area contributed by atoms with E-state index >= 15 is 0 Å². The number of piperazine rings is 1. The Labute approximate surface area is 128 Å². The third kappa shape index (κ3) is 2.82. The highest BCUT2D eigenvalue weighted by Crippen LogP contribution is 2.22. The molecule has 21 heavy (non-hydrogen) atoms. The average Bonchev–Trinajstić information content (AvgIpc) is 3.18. The van der Waals surface area contributed by atoms with E-state index < -0.39 is 5.54 Å². The largest absolute Gasteiger partial charge is 0.338 e. The van der Waals surface area contributed by atoms with Gasteiger partial charge in [0.25, 0.3) is 5.91 Å². The van der Waals surface area contributed by atoms with Crippen molar-refractivity contribution in [3.63, 3.8) is 0 Å². The molecule has 2 aliphatic rings. The van der Waals surface area contributed by atoms with Crippen molar-refractivity contribution in [1.29, 1.82) is 0 Å². The van der Waals surface area contributed by atoms with Crippen molar-refractivity contribution in [2.24, 2.45) is 0 Å². The van der Waals surface area contributed by atoms with Gasteiger partial charge in [0.1, 0.15) is 0 Å². The van der Waals surface area contributed by atoms with Gasteiger partial charge >= 0.3 is 0 Å². The first-order chi connectivity index (χ1) is 10.1. The van der Waals surface area contributed by atoms with Crippen molar-refractivity contribution in [2.45, 2.75) is 25.3 Å². The Kier molecular flexibility index (Phi) is 3.99. The maximum Gasteiger partial charge on any atom is 0.264 e. The van der Waals surface area contributed by atoms with Crippen molar-refractivity contribution in [1.82, 2.24) is 15.1 Å². The molecule has 3 heterocycles. The van der Waals surface area contributed by atoms with Gasteiger partial charge in [0, 0.05) is 26.2 Å². The number of carbonyl (C=O) groups is 2. The van der Waals surface area contributed by atoms with Crippen LogP contribution < -0.4 is 5.32 Å². The van der Waals surface area contributed by atoms with E-state index in [0.717, 1.165) is 24.3 Å². The minimum Gasteiger partial charge on any atom is -0.338 e. The number of nitrogens with zero attached hydrogens (tertiary/aromatic N) is 2. The molecule has 3 rings (SSSR count). The number of hydrogen-bond donors (Lipinski definition) is 1. The van der Waals surface area contributed by atoms with Gasteiger partial charge in [-0.3, -0.25) is 9.59 Å². The number of amides is 2. The molecule has 2 amide bonds. The zero-order valence-electron chi connectivity index (χ0n) is 12.3. The first kappa shape index (κ1) is 14.5. The monoisotopic (exact) mass is 307 g/mol. The molecule has 0 aliphatic carbocycles. The summed E-state index contributed by atoms with van der Waals surface area (Å²) in [5, 5.41) is 5.23. The van der Waals surface area contributed by atoms with Crippen LogP contribution in [0.1, 0.15) is 29.4 Å². The second kappa shape index (κ2) is 5.77. The highest BCUT2D eigenvalue weighted by molar-refractivity contribution is 7.12. The van der Waals surface area contributed by atoms with Crippen LogP contribution in [0.2, 0.25) is 0 Å². The molecule has 1 atom stereocenters. The number of nitrogens with one attached hydrogen (secondary N) is 1. The number of thiophene rings is 1. The predicted octanol–water partition coefficient (Wildman–Crippen LogP) is 1.17. The molecule has 0 radical (unpaired) electrons. The molecule has 1 aromatic rings. The maximum atomic E-state index is 12.6. The van der Waals surface area contributed by atoms with Gasteiger partial charge in [0.15, 0.2) is 0 Å². The summed E-state index contributed by atoms with van der Waals surface area (Å²) < 4.78 is 0. The van der Waals surface area contributed by atoms with Crippen LogP contribution in [-0.4, -0.2) is 59.9 Å². The van der Waals surface area contributed by atoms with E-state index in [9.17, 15) is 9.59 Å². The number of carbonyl (C=O) groups excluding carboxylic acids is 2. The lowest BCUT2D eigenvalue weighted by atomic mass is 9.98. The molecule has 2 saturated heterocycles. The summed E-state index contributed by atoms with van der Waals surface area (Å²) in [5.41, 5.74) is -0.403. The van der Waals surface area contributed by atoms with Gasteiger partial charge in [-0.25, -0.2) is 0 Å². The molecule has 0 aromatic carbocycles. The second-order valence-electron chi connectivity index (χ2n) is 5.92. The van der Waals surface area contributed by atoms with Gasteiger partial charge in [-0.1, -0.05) is 6.07 Å². The fourth-order valence-electron chi connectivity index (χ4n) is 3.09. The Morgan fingerprint density at radius 2 is 1.95 bits per heavy atom. The lowest BCUT2D eigenvalue weighted by molar-refractivity contribution is -0.138. The van der Waals surface area contributed by atoms with Crippen LogP contribution in [0, 0.1) is 0 Å². The van der Waals surface area contributed by atoms with E-state index in [4.69, 9.17) is 0 Å². The summed E-state index contributed by atoms with van der Waals surface area (Å²) in [6, 6.07) is 3.75. The quantitative estimate of drug-likeness (QED) is 0.892. The zero-order valence-corrected chi connectivity index (χ0v) is 13.1. The summed E-state index contributed by atoms with van der Waals surface area (Å²) in [6.07, 6.45) is 1.96. The summed E-state index contributed by atoms with van der Waals surface area (Å²) in [7, 11) is 0. The zero-order chi connectivity index (χ0) is 14.9. The molecule has 0 saturated carbocycles. The van der Waals surface area contributed by atoms with E-state index in [-0.39, 0.29) is 11.8 Å². The number of rotatable bonds is 2. The smallest absolute Gasteiger partial charge is 0.264 e. The molecule has 0 bridgehead atoms. The standard InChI is InChI=1S/C15H21N3O2S/c1-15(5-3-6-16-15)14(20)18-9-7-17(8-10-18)13(19)12-4-2-11-21-12/h2,4,11,16H,3,5-10H2,1H3. The molecule has 2 fully saturated rings. The van der Waals surface area contributed by atoms with Crippen LogP contribution >= 0.6 is 11.3 Å². The van der Waals surface area contributed by atoms with Crippen molar-refractivity contribution < 1.29 is 9.59 Å². The first-order valence-corrected chi connectivity index (χ1v) is 8.35. The molecule has 0 spiro atoms. The Hall–Kier alpha value is -1.40. The van der Waals surface area contributed by atoms with Crippen LogP contribution in [0.4, 0.5) is 0 Å². The Morgan fingerprint density at radius 3 is 2.52 bits per heavy atom. The summed E-state index contributed by atoms with van der Waals surface area (Å²) in [5.74, 6) is 0.269. The third-order valence-corrected chi connectivity index (χ3v) is 5.28. The molecular formula is C15H21N3O2S. The van der Waals surface area contributed by atoms with Gasteiger partial charge < -0.3 is 15.1 Å². The van der Waals surface area contributed by atoms with Gasteiger partial charge in [-0.05, 0) is 37.8 Å². The van der Waals surface area contributed by atoms with Crippen molar-refractivity contribution in [3.05, 3.63) is 22.4 Å². The summed E-state index contributed by atoms with van der Waals surface area (Å²) in [6.45, 7) is 5.42. The van der Waals surface area contributed by atoms with Crippen molar-refractivity contribution in [3.8, 4) is 0 Å². The van der Waals surface area contributed by atoms with Gasteiger partial charge in [0.05, 0.1) is 10.4 Å². The lowest BCUT2D eigenvalue weighted by Crippen LogP contribution is -2.58. The van der Waals surface area contributed by atoms with Crippen LogP contribution in [-0.2, 0) is 4.79 Å².